The second kappa shape index (κ2) is 5.65. The van der Waals surface area contributed by atoms with Crippen LogP contribution < -0.4 is 10.5 Å². The van der Waals surface area contributed by atoms with Gasteiger partial charge in [-0.2, -0.15) is 0 Å². The van der Waals surface area contributed by atoms with E-state index in [0.717, 1.165) is 16.9 Å². The van der Waals surface area contributed by atoms with Gasteiger partial charge in [0.25, 0.3) is 0 Å². The van der Waals surface area contributed by atoms with Gasteiger partial charge in [-0.05, 0) is 36.2 Å². The van der Waals surface area contributed by atoms with Crippen molar-refractivity contribution in [1.29, 1.82) is 0 Å². The Morgan fingerprint density at radius 2 is 1.78 bits per heavy atom. The van der Waals surface area contributed by atoms with Crippen LogP contribution in [0, 0.1) is 12.7 Å². The molecule has 0 spiro atoms. The van der Waals surface area contributed by atoms with Crippen LogP contribution in [0.5, 0.6) is 5.75 Å². The molecule has 1 atom stereocenters. The zero-order chi connectivity index (χ0) is 13.0. The fraction of sp³-hybridized carbons (Fsp3) is 0.200. The number of rotatable bonds is 4. The Kier molecular flexibility index (Phi) is 3.95. The highest BCUT2D eigenvalue weighted by Gasteiger charge is 2.12. The van der Waals surface area contributed by atoms with Crippen molar-refractivity contribution >= 4 is 0 Å². The van der Waals surface area contributed by atoms with Gasteiger partial charge in [-0.3, -0.25) is 0 Å². The van der Waals surface area contributed by atoms with E-state index in [9.17, 15) is 4.39 Å². The molecule has 0 aromatic heterocycles. The summed E-state index contributed by atoms with van der Waals surface area (Å²) >= 11 is 0. The minimum Gasteiger partial charge on any atom is -0.484 e. The van der Waals surface area contributed by atoms with Crippen LogP contribution in [-0.4, -0.2) is 6.54 Å². The van der Waals surface area contributed by atoms with Crippen molar-refractivity contribution in [2.24, 2.45) is 5.73 Å². The number of benzene rings is 2. The summed E-state index contributed by atoms with van der Waals surface area (Å²) in [6.07, 6.45) is -0.258. The molecule has 0 aliphatic carbocycles. The van der Waals surface area contributed by atoms with Crippen molar-refractivity contribution in [3.63, 3.8) is 0 Å². The van der Waals surface area contributed by atoms with Gasteiger partial charge in [0, 0.05) is 6.54 Å². The van der Waals surface area contributed by atoms with Crippen LogP contribution in [0.4, 0.5) is 4.39 Å². The predicted octanol–water partition coefficient (Wildman–Crippen LogP) is 3.21. The van der Waals surface area contributed by atoms with Crippen LogP contribution in [0.2, 0.25) is 0 Å². The molecule has 0 aliphatic rings. The van der Waals surface area contributed by atoms with Crippen LogP contribution in [0.15, 0.2) is 48.5 Å². The van der Waals surface area contributed by atoms with E-state index in [4.69, 9.17) is 10.5 Å². The molecule has 18 heavy (non-hydrogen) atoms. The summed E-state index contributed by atoms with van der Waals surface area (Å²) in [5.74, 6) is 0.544. The first-order chi connectivity index (χ1) is 8.70. The molecule has 2 aromatic rings. The predicted molar refractivity (Wildman–Crippen MR) is 70.0 cm³/mol. The average Bonchev–Trinajstić information content (AvgIpc) is 2.39. The first-order valence-electron chi connectivity index (χ1n) is 5.88. The van der Waals surface area contributed by atoms with Crippen molar-refractivity contribution in [2.75, 3.05) is 6.54 Å². The molecule has 0 saturated carbocycles. The molecule has 0 radical (unpaired) electrons. The van der Waals surface area contributed by atoms with Crippen LogP contribution >= 0.6 is 0 Å². The molecule has 2 nitrogen and oxygen atoms in total. The van der Waals surface area contributed by atoms with Crippen molar-refractivity contribution in [1.82, 2.24) is 0 Å². The maximum absolute atomic E-state index is 12.9. The lowest BCUT2D eigenvalue weighted by Crippen LogP contribution is -2.18. The standard InChI is InChI=1S/C15H16FNO/c1-11-4-2-3-5-14(11)18-15(10-17)12-6-8-13(16)9-7-12/h2-9,15H,10,17H2,1H3. The second-order valence-electron chi connectivity index (χ2n) is 4.16. The molecule has 0 aliphatic heterocycles. The van der Waals surface area contributed by atoms with Gasteiger partial charge in [0.15, 0.2) is 0 Å². The normalized spacial score (nSPS) is 12.2. The summed E-state index contributed by atoms with van der Waals surface area (Å²) < 4.78 is 18.7. The van der Waals surface area contributed by atoms with Gasteiger partial charge in [0.2, 0.25) is 0 Å². The van der Waals surface area contributed by atoms with Gasteiger partial charge in [-0.1, -0.05) is 30.3 Å². The van der Waals surface area contributed by atoms with Gasteiger partial charge in [0.05, 0.1) is 0 Å². The number of halogens is 1. The molecule has 2 N–H and O–H groups in total. The van der Waals surface area contributed by atoms with E-state index in [2.05, 4.69) is 0 Å². The molecule has 0 amide bonds. The Labute approximate surface area is 106 Å². The quantitative estimate of drug-likeness (QED) is 0.897. The van der Waals surface area contributed by atoms with Crippen molar-refractivity contribution in [3.05, 3.63) is 65.5 Å². The maximum Gasteiger partial charge on any atom is 0.136 e. The highest BCUT2D eigenvalue weighted by molar-refractivity contribution is 5.33. The lowest BCUT2D eigenvalue weighted by atomic mass is 10.1. The highest BCUT2D eigenvalue weighted by Crippen LogP contribution is 2.24. The smallest absolute Gasteiger partial charge is 0.136 e. The van der Waals surface area contributed by atoms with Crippen LogP contribution in [0.1, 0.15) is 17.2 Å². The number of para-hydroxylation sites is 1. The lowest BCUT2D eigenvalue weighted by Gasteiger charge is -2.19. The maximum atomic E-state index is 12.9. The molecule has 0 bridgehead atoms. The summed E-state index contributed by atoms with van der Waals surface area (Å²) in [5, 5.41) is 0. The van der Waals surface area contributed by atoms with Crippen molar-refractivity contribution in [2.45, 2.75) is 13.0 Å². The van der Waals surface area contributed by atoms with E-state index >= 15 is 0 Å². The zero-order valence-electron chi connectivity index (χ0n) is 10.3. The average molecular weight is 245 g/mol. The molecule has 2 rings (SSSR count). The summed E-state index contributed by atoms with van der Waals surface area (Å²) in [6, 6.07) is 14.0. The topological polar surface area (TPSA) is 35.2 Å². The van der Waals surface area contributed by atoms with Gasteiger partial charge in [0.1, 0.15) is 17.7 Å². The summed E-state index contributed by atoms with van der Waals surface area (Å²) in [7, 11) is 0. The van der Waals surface area contributed by atoms with Crippen LogP contribution in [0.25, 0.3) is 0 Å². The monoisotopic (exact) mass is 245 g/mol. The van der Waals surface area contributed by atoms with Crippen LogP contribution in [0.3, 0.4) is 0 Å². The number of ether oxygens (including phenoxy) is 1. The fourth-order valence-corrected chi connectivity index (χ4v) is 1.77. The number of hydrogen-bond acceptors (Lipinski definition) is 2. The summed E-state index contributed by atoms with van der Waals surface area (Å²) in [4.78, 5) is 0. The fourth-order valence-electron chi connectivity index (χ4n) is 1.77. The molecule has 0 fully saturated rings. The third-order valence-electron chi connectivity index (χ3n) is 2.82. The number of hydrogen-bond donors (Lipinski definition) is 1. The Hall–Kier alpha value is -1.87. The van der Waals surface area contributed by atoms with E-state index in [1.54, 1.807) is 12.1 Å². The molecule has 3 heteroatoms. The van der Waals surface area contributed by atoms with E-state index in [1.165, 1.54) is 12.1 Å². The van der Waals surface area contributed by atoms with E-state index in [-0.39, 0.29) is 11.9 Å². The van der Waals surface area contributed by atoms with E-state index < -0.39 is 0 Å². The Balaban J connectivity index is 2.20. The molecular formula is C15H16FNO. The van der Waals surface area contributed by atoms with Gasteiger partial charge >= 0.3 is 0 Å². The minimum atomic E-state index is -0.259. The third kappa shape index (κ3) is 2.87. The van der Waals surface area contributed by atoms with Gasteiger partial charge < -0.3 is 10.5 Å². The van der Waals surface area contributed by atoms with E-state index in [0.29, 0.717) is 6.54 Å². The van der Waals surface area contributed by atoms with E-state index in [1.807, 2.05) is 31.2 Å². The Morgan fingerprint density at radius 1 is 1.11 bits per heavy atom. The molecular weight excluding hydrogens is 229 g/mol. The second-order valence-corrected chi connectivity index (χ2v) is 4.16. The number of nitrogens with two attached hydrogens (primary N) is 1. The summed E-state index contributed by atoms with van der Waals surface area (Å²) in [5.41, 5.74) is 7.65. The zero-order valence-corrected chi connectivity index (χ0v) is 10.3. The van der Waals surface area contributed by atoms with Gasteiger partial charge in [-0.15, -0.1) is 0 Å². The first kappa shape index (κ1) is 12.6. The molecule has 0 saturated heterocycles. The third-order valence-corrected chi connectivity index (χ3v) is 2.82. The lowest BCUT2D eigenvalue weighted by molar-refractivity contribution is 0.212. The Morgan fingerprint density at radius 3 is 2.39 bits per heavy atom. The highest BCUT2D eigenvalue weighted by atomic mass is 19.1. The summed E-state index contributed by atoms with van der Waals surface area (Å²) in [6.45, 7) is 2.33. The molecule has 1 unspecified atom stereocenters. The largest absolute Gasteiger partial charge is 0.484 e. The van der Waals surface area contributed by atoms with Crippen molar-refractivity contribution in [3.8, 4) is 5.75 Å². The SMILES string of the molecule is Cc1ccccc1OC(CN)c1ccc(F)cc1. The first-order valence-corrected chi connectivity index (χ1v) is 5.88. The molecule has 2 aromatic carbocycles. The molecule has 0 heterocycles. The molecule has 94 valence electrons. The van der Waals surface area contributed by atoms with Crippen LogP contribution in [-0.2, 0) is 0 Å². The number of aryl methyl sites for hydroxylation is 1. The van der Waals surface area contributed by atoms with Crippen molar-refractivity contribution < 1.29 is 9.13 Å². The van der Waals surface area contributed by atoms with Gasteiger partial charge in [-0.25, -0.2) is 4.39 Å². The Bertz CT molecular complexity index is 510. The minimum absolute atomic E-state index is 0.258.